The zero-order valence-electron chi connectivity index (χ0n) is 25.9. The molecule has 0 amide bonds. The van der Waals surface area contributed by atoms with Crippen LogP contribution in [0.5, 0.6) is 0 Å². The van der Waals surface area contributed by atoms with Gasteiger partial charge in [-0.3, -0.25) is 4.79 Å². The fourth-order valence-electron chi connectivity index (χ4n) is 8.71. The van der Waals surface area contributed by atoms with E-state index in [1.807, 2.05) is 6.92 Å². The molecule has 0 heterocycles. The maximum Gasteiger partial charge on any atom is 0.194 e. The number of aliphatic hydroxyl groups is 2. The Hall–Kier alpha value is -0.143. The first-order valence-electron chi connectivity index (χ1n) is 15.3. The van der Waals surface area contributed by atoms with E-state index in [-0.39, 0.29) is 21.5 Å². The average Bonchev–Trinajstić information content (AvgIpc) is 3.02. The van der Waals surface area contributed by atoms with E-state index in [1.165, 1.54) is 11.8 Å². The summed E-state index contributed by atoms with van der Waals surface area (Å²) in [5, 5.41) is 23.8. The van der Waals surface area contributed by atoms with Crippen molar-refractivity contribution in [2.75, 3.05) is 5.75 Å². The molecular weight excluding hydrogens is 509 g/mol. The topological polar surface area (TPSA) is 66.8 Å². The number of rotatable bonds is 6. The number of thioether (sulfide) groups is 1. The van der Waals surface area contributed by atoms with Crippen molar-refractivity contribution in [3.05, 3.63) is 11.6 Å². The van der Waals surface area contributed by atoms with Crippen LogP contribution in [0.4, 0.5) is 0 Å². The van der Waals surface area contributed by atoms with Crippen LogP contribution in [0.25, 0.3) is 0 Å². The van der Waals surface area contributed by atoms with Gasteiger partial charge >= 0.3 is 0 Å². The molecule has 4 aliphatic rings. The van der Waals surface area contributed by atoms with Gasteiger partial charge in [-0.15, -0.1) is 0 Å². The molecule has 4 rings (SSSR count). The van der Waals surface area contributed by atoms with Gasteiger partial charge in [-0.25, -0.2) is 0 Å². The van der Waals surface area contributed by atoms with Gasteiger partial charge in [0.1, 0.15) is 5.60 Å². The fraction of sp³-hybridized carbons (Fsp3) is 0.906. The molecule has 0 bridgehead atoms. The first-order chi connectivity index (χ1) is 17.4. The van der Waals surface area contributed by atoms with Crippen LogP contribution in [0, 0.1) is 40.4 Å². The first kappa shape index (κ1) is 30.8. The number of carbonyl (C=O) groups is 1. The van der Waals surface area contributed by atoms with E-state index >= 15 is 0 Å². The number of hydrogen-bond acceptors (Lipinski definition) is 5. The Kier molecular flexibility index (Phi) is 8.34. The van der Waals surface area contributed by atoms with E-state index in [4.69, 9.17) is 4.43 Å². The average molecular weight is 565 g/mol. The summed E-state index contributed by atoms with van der Waals surface area (Å²) in [5.74, 6) is 1.87. The molecule has 0 saturated heterocycles. The van der Waals surface area contributed by atoms with Crippen molar-refractivity contribution in [3.63, 3.8) is 0 Å². The van der Waals surface area contributed by atoms with Crippen LogP contribution in [0.1, 0.15) is 100 Å². The fourth-order valence-corrected chi connectivity index (χ4v) is 11.0. The molecule has 0 spiro atoms. The highest BCUT2D eigenvalue weighted by Crippen LogP contribution is 2.68. The molecule has 4 nitrogen and oxygen atoms in total. The summed E-state index contributed by atoms with van der Waals surface area (Å²) in [5.41, 5.74) is -0.0216. The van der Waals surface area contributed by atoms with Gasteiger partial charge in [-0.05, 0) is 92.2 Å². The normalized spacial score (nSPS) is 42.2. The Bertz CT molecular complexity index is 940. The van der Waals surface area contributed by atoms with E-state index in [9.17, 15) is 15.0 Å². The van der Waals surface area contributed by atoms with Gasteiger partial charge < -0.3 is 14.6 Å². The lowest BCUT2D eigenvalue weighted by Crippen LogP contribution is -2.60. The molecule has 3 fully saturated rings. The van der Waals surface area contributed by atoms with Crippen LogP contribution in [-0.4, -0.2) is 47.2 Å². The molecule has 2 N–H and O–H groups in total. The minimum atomic E-state index is -1.80. The summed E-state index contributed by atoms with van der Waals surface area (Å²) in [6.45, 7) is 22.5. The molecule has 0 aromatic heterocycles. The summed E-state index contributed by atoms with van der Waals surface area (Å²) < 4.78 is 6.88. The van der Waals surface area contributed by atoms with Gasteiger partial charge in [-0.2, -0.15) is 0 Å². The van der Waals surface area contributed by atoms with Crippen molar-refractivity contribution in [2.45, 2.75) is 136 Å². The van der Waals surface area contributed by atoms with E-state index in [1.54, 1.807) is 5.57 Å². The maximum atomic E-state index is 13.2. The molecule has 6 heteroatoms. The van der Waals surface area contributed by atoms with Crippen LogP contribution >= 0.6 is 11.8 Å². The minimum absolute atomic E-state index is 0.0297. The Morgan fingerprint density at radius 2 is 1.82 bits per heavy atom. The molecule has 38 heavy (non-hydrogen) atoms. The van der Waals surface area contributed by atoms with Gasteiger partial charge in [0.2, 0.25) is 0 Å². The first-order valence-corrected chi connectivity index (χ1v) is 19.2. The van der Waals surface area contributed by atoms with Crippen molar-refractivity contribution in [1.29, 1.82) is 0 Å². The Balaban J connectivity index is 1.55. The van der Waals surface area contributed by atoms with Gasteiger partial charge in [-0.1, -0.05) is 78.8 Å². The van der Waals surface area contributed by atoms with Crippen LogP contribution < -0.4 is 0 Å². The monoisotopic (exact) mass is 564 g/mol. The van der Waals surface area contributed by atoms with Crippen molar-refractivity contribution in [2.24, 2.45) is 40.4 Å². The van der Waals surface area contributed by atoms with E-state index in [0.29, 0.717) is 30.3 Å². The molecule has 0 aliphatic heterocycles. The Morgan fingerprint density at radius 1 is 1.16 bits per heavy atom. The SMILES string of the molecule is CC(C)CSC(=O)[C@@H](C)[C@@]1(O)[C@@H](O)C[C@H]2[C@@H]3CC=C4C[C@@H](O[Si](C)(C)C(C)(C)C)CC[C@]4(C)[C@H]3CC[C@@]21C. The third-order valence-electron chi connectivity index (χ3n) is 12.2. The second-order valence-electron chi connectivity index (χ2n) is 15.8. The summed E-state index contributed by atoms with van der Waals surface area (Å²) in [4.78, 5) is 13.2. The predicted molar refractivity (Wildman–Crippen MR) is 162 cm³/mol. The second-order valence-corrected chi connectivity index (χ2v) is 21.6. The number of hydrogen-bond donors (Lipinski definition) is 2. The van der Waals surface area contributed by atoms with Gasteiger partial charge in [0.15, 0.2) is 13.4 Å². The van der Waals surface area contributed by atoms with Crippen molar-refractivity contribution >= 4 is 25.2 Å². The van der Waals surface area contributed by atoms with Crippen LogP contribution in [0.3, 0.4) is 0 Å². The van der Waals surface area contributed by atoms with Gasteiger partial charge in [0.25, 0.3) is 0 Å². The molecule has 9 atom stereocenters. The van der Waals surface area contributed by atoms with Crippen molar-refractivity contribution in [3.8, 4) is 0 Å². The standard InChI is InChI=1S/C32H56O4SSi/c1-20(2)19-37-28(34)21(3)32(35)27(33)18-26-24-12-11-22-17-23(36-38(9,10)29(4,5)6)13-15-30(22,7)25(24)14-16-31(26,32)8/h11,20-21,23-27,33,35H,12-19H2,1-10H3/t21-,23+,24-,25+,26+,27+,30+,31+,32-/m1/s1. The van der Waals surface area contributed by atoms with Crippen molar-refractivity contribution < 1.29 is 19.4 Å². The molecular formula is C32H56O4SSi. The summed E-state index contributed by atoms with van der Waals surface area (Å²) >= 11 is 1.33. The summed E-state index contributed by atoms with van der Waals surface area (Å²) in [6, 6.07) is 0. The van der Waals surface area contributed by atoms with Crippen LogP contribution in [0.2, 0.25) is 18.1 Å². The lowest BCUT2D eigenvalue weighted by Gasteiger charge is -2.59. The van der Waals surface area contributed by atoms with Crippen molar-refractivity contribution in [1.82, 2.24) is 0 Å². The maximum absolute atomic E-state index is 13.2. The summed E-state index contributed by atoms with van der Waals surface area (Å²) in [6.07, 6.45) is 8.92. The Morgan fingerprint density at radius 3 is 2.42 bits per heavy atom. The van der Waals surface area contributed by atoms with Gasteiger partial charge in [0.05, 0.1) is 12.0 Å². The lowest BCUT2D eigenvalue weighted by molar-refractivity contribution is -0.180. The lowest BCUT2D eigenvalue weighted by atomic mass is 9.46. The van der Waals surface area contributed by atoms with Crippen LogP contribution in [-0.2, 0) is 9.22 Å². The molecule has 3 saturated carbocycles. The molecule has 0 radical (unpaired) electrons. The van der Waals surface area contributed by atoms with E-state index in [0.717, 1.165) is 44.3 Å². The molecule has 0 unspecified atom stereocenters. The highest BCUT2D eigenvalue weighted by Gasteiger charge is 2.69. The number of carbonyl (C=O) groups excluding carboxylic acids is 1. The smallest absolute Gasteiger partial charge is 0.194 e. The quantitative estimate of drug-likeness (QED) is 0.257. The third kappa shape index (κ3) is 4.84. The zero-order chi connectivity index (χ0) is 28.5. The molecule has 4 aliphatic carbocycles. The summed E-state index contributed by atoms with van der Waals surface area (Å²) in [7, 11) is -1.80. The molecule has 0 aromatic carbocycles. The molecule has 0 aromatic rings. The van der Waals surface area contributed by atoms with Crippen LogP contribution in [0.15, 0.2) is 11.6 Å². The number of allylic oxidation sites excluding steroid dienone is 1. The largest absolute Gasteiger partial charge is 0.414 e. The second kappa shape index (κ2) is 10.3. The number of fused-ring (bicyclic) bond motifs is 5. The third-order valence-corrected chi connectivity index (χ3v) is 18.2. The molecule has 218 valence electrons. The zero-order valence-corrected chi connectivity index (χ0v) is 27.7. The van der Waals surface area contributed by atoms with Gasteiger partial charge in [0, 0.05) is 17.3 Å². The highest BCUT2D eigenvalue weighted by atomic mass is 32.2. The van der Waals surface area contributed by atoms with E-state index < -0.39 is 31.4 Å². The predicted octanol–water partition coefficient (Wildman–Crippen LogP) is 7.59. The minimum Gasteiger partial charge on any atom is -0.414 e. The number of aliphatic hydroxyl groups excluding tert-OH is 1. The van der Waals surface area contributed by atoms with E-state index in [2.05, 4.69) is 67.6 Å². The highest BCUT2D eigenvalue weighted by molar-refractivity contribution is 8.13. The Labute approximate surface area is 238 Å².